The summed E-state index contributed by atoms with van der Waals surface area (Å²) >= 11 is 0. The van der Waals surface area contributed by atoms with E-state index in [0.29, 0.717) is 29.5 Å². The molecule has 12 heteroatoms. The van der Waals surface area contributed by atoms with Gasteiger partial charge in [-0.3, -0.25) is 14.4 Å². The summed E-state index contributed by atoms with van der Waals surface area (Å²) in [7, 11) is -2.20. The molecule has 0 saturated heterocycles. The molecule has 3 amide bonds. The van der Waals surface area contributed by atoms with Crippen LogP contribution in [0.1, 0.15) is 52.1 Å². The van der Waals surface area contributed by atoms with Crippen molar-refractivity contribution in [1.29, 1.82) is 0 Å². The smallest absolute Gasteiger partial charge is 0.423 e. The summed E-state index contributed by atoms with van der Waals surface area (Å²) in [4.78, 5) is 40.2. The van der Waals surface area contributed by atoms with Crippen LogP contribution in [-0.2, 0) is 27.3 Å². The highest BCUT2D eigenvalue weighted by Crippen LogP contribution is 2.15. The van der Waals surface area contributed by atoms with Gasteiger partial charge in [-0.1, -0.05) is 26.0 Å². The lowest BCUT2D eigenvalue weighted by atomic mass is 9.78. The number of hydrogen-bond donors (Lipinski definition) is 4. The van der Waals surface area contributed by atoms with E-state index in [0.717, 1.165) is 11.1 Å². The van der Waals surface area contributed by atoms with Crippen LogP contribution in [0, 0.1) is 5.92 Å². The molecule has 2 aromatic carbocycles. The molecule has 0 fully saturated rings. The molecule has 5 N–H and O–H groups in total. The van der Waals surface area contributed by atoms with E-state index < -0.39 is 32.1 Å². The Balaban J connectivity index is 1.53. The number of nitrogens with zero attached hydrogens (tertiary/aromatic N) is 1. The number of carbonyl (C=O) groups is 3. The molecule has 4 rings (SSSR count). The minimum Gasteiger partial charge on any atom is -0.423 e. The molecule has 0 spiro atoms. The molecule has 0 aliphatic carbocycles. The second kappa shape index (κ2) is 10.8. The van der Waals surface area contributed by atoms with Crippen LogP contribution in [0.15, 0.2) is 36.4 Å². The van der Waals surface area contributed by atoms with Gasteiger partial charge in [-0.05, 0) is 58.7 Å². The molecular weight excluding hydrogens is 464 g/mol. The maximum atomic E-state index is 13.4. The third kappa shape index (κ3) is 5.62. The predicted molar refractivity (Wildman–Crippen MR) is 133 cm³/mol. The van der Waals surface area contributed by atoms with E-state index >= 15 is 0 Å². The number of hydrogen-bond acceptors (Lipinski definition) is 7. The first-order valence-electron chi connectivity index (χ1n) is 11.9. The molecule has 0 aromatic heterocycles. The van der Waals surface area contributed by atoms with Crippen LogP contribution in [-0.4, -0.2) is 66.0 Å². The Morgan fingerprint density at radius 3 is 2.11 bits per heavy atom. The number of nitrogens with two attached hydrogens (primary N) is 1. The van der Waals surface area contributed by atoms with Crippen LogP contribution in [0.5, 0.6) is 0 Å². The molecule has 188 valence electrons. The molecule has 0 unspecified atom stereocenters. The van der Waals surface area contributed by atoms with Gasteiger partial charge in [0.1, 0.15) is 6.04 Å². The SMILES string of the molecule is CC(C)CCN(C[C@H](NC(=O)c1ccc2c(c1)B(O)OC2)C(N)=O)C(=O)c1ccc2c(c1)B(O)OC2. The maximum Gasteiger partial charge on any atom is 0.491 e. The summed E-state index contributed by atoms with van der Waals surface area (Å²) in [5.74, 6) is -1.41. The summed E-state index contributed by atoms with van der Waals surface area (Å²) in [5.41, 5.74) is 8.79. The first kappa shape index (κ1) is 25.9. The van der Waals surface area contributed by atoms with Crippen molar-refractivity contribution in [2.75, 3.05) is 13.1 Å². The van der Waals surface area contributed by atoms with Crippen molar-refractivity contribution in [2.24, 2.45) is 11.7 Å². The Morgan fingerprint density at radius 2 is 1.56 bits per heavy atom. The molecule has 2 aromatic rings. The van der Waals surface area contributed by atoms with Gasteiger partial charge in [0.05, 0.1) is 19.8 Å². The summed E-state index contributed by atoms with van der Waals surface area (Å²) in [6.45, 7) is 4.77. The van der Waals surface area contributed by atoms with E-state index in [-0.39, 0.29) is 37.1 Å². The fraction of sp³-hybridized carbons (Fsp3) is 0.375. The molecule has 1 atom stereocenters. The van der Waals surface area contributed by atoms with Crippen LogP contribution in [0.25, 0.3) is 0 Å². The van der Waals surface area contributed by atoms with Gasteiger partial charge in [0.15, 0.2) is 0 Å². The van der Waals surface area contributed by atoms with E-state index in [4.69, 9.17) is 15.0 Å². The topological polar surface area (TPSA) is 151 Å². The summed E-state index contributed by atoms with van der Waals surface area (Å²) in [6, 6.07) is 8.61. The predicted octanol–water partition coefficient (Wildman–Crippen LogP) is -1.11. The van der Waals surface area contributed by atoms with Crippen LogP contribution >= 0.6 is 0 Å². The lowest BCUT2D eigenvalue weighted by molar-refractivity contribution is -0.120. The molecule has 2 aliphatic heterocycles. The monoisotopic (exact) mass is 493 g/mol. The van der Waals surface area contributed by atoms with Crippen LogP contribution in [0.4, 0.5) is 0 Å². The number of nitrogens with one attached hydrogen (secondary N) is 1. The van der Waals surface area contributed by atoms with Crippen molar-refractivity contribution in [2.45, 2.75) is 39.5 Å². The van der Waals surface area contributed by atoms with Crippen LogP contribution in [0.3, 0.4) is 0 Å². The number of carbonyl (C=O) groups excluding carboxylic acids is 3. The molecule has 0 saturated carbocycles. The molecular formula is C24H29B2N3O7. The normalized spacial score (nSPS) is 15.0. The highest BCUT2D eigenvalue weighted by molar-refractivity contribution is 6.62. The van der Waals surface area contributed by atoms with Gasteiger partial charge < -0.3 is 35.3 Å². The summed E-state index contributed by atoms with van der Waals surface area (Å²) in [6.07, 6.45) is 0.671. The highest BCUT2D eigenvalue weighted by atomic mass is 16.5. The molecule has 2 aliphatic rings. The van der Waals surface area contributed by atoms with E-state index in [2.05, 4.69) is 5.32 Å². The zero-order valence-corrected chi connectivity index (χ0v) is 20.3. The fourth-order valence-corrected chi connectivity index (χ4v) is 4.24. The van der Waals surface area contributed by atoms with Gasteiger partial charge in [0.25, 0.3) is 11.8 Å². The Labute approximate surface area is 210 Å². The largest absolute Gasteiger partial charge is 0.491 e. The number of benzene rings is 2. The number of rotatable bonds is 9. The number of fused-ring (bicyclic) bond motifs is 2. The van der Waals surface area contributed by atoms with E-state index in [9.17, 15) is 24.4 Å². The van der Waals surface area contributed by atoms with E-state index in [1.807, 2.05) is 13.8 Å². The maximum absolute atomic E-state index is 13.4. The van der Waals surface area contributed by atoms with Gasteiger partial charge in [-0.2, -0.15) is 0 Å². The minimum atomic E-state index is -1.15. The third-order valence-electron chi connectivity index (χ3n) is 6.44. The minimum absolute atomic E-state index is 0.126. The lowest BCUT2D eigenvalue weighted by Gasteiger charge is -2.28. The Hall–Kier alpha value is -3.18. The van der Waals surface area contributed by atoms with Crippen molar-refractivity contribution >= 4 is 42.9 Å². The standard InChI is InChI=1S/C24H29B2N3O7/c1-14(2)7-8-29(24(32)16-4-6-18-13-36-26(34)20(18)10-16)11-21(22(27)30)28-23(31)15-3-5-17-12-35-25(33)19(17)9-15/h3-6,9-10,14,21,33-34H,7-8,11-13H2,1-2H3,(H2,27,30)(H,28,31)/t21-/m0/s1. The van der Waals surface area contributed by atoms with Crippen LogP contribution in [0.2, 0.25) is 0 Å². The molecule has 0 bridgehead atoms. The second-order valence-electron chi connectivity index (χ2n) is 9.52. The lowest BCUT2D eigenvalue weighted by Crippen LogP contribution is -2.52. The zero-order chi connectivity index (χ0) is 26.0. The van der Waals surface area contributed by atoms with Crippen molar-refractivity contribution in [1.82, 2.24) is 10.2 Å². The van der Waals surface area contributed by atoms with Crippen LogP contribution < -0.4 is 22.0 Å². The Bertz CT molecular complexity index is 1180. The highest BCUT2D eigenvalue weighted by Gasteiger charge is 2.31. The van der Waals surface area contributed by atoms with E-state index in [1.165, 1.54) is 11.0 Å². The number of amides is 3. The van der Waals surface area contributed by atoms with Gasteiger partial charge >= 0.3 is 14.2 Å². The quantitative estimate of drug-likeness (QED) is 0.324. The fourth-order valence-electron chi connectivity index (χ4n) is 4.24. The first-order chi connectivity index (χ1) is 17.1. The number of primary amides is 1. The van der Waals surface area contributed by atoms with Gasteiger partial charge in [0, 0.05) is 17.7 Å². The van der Waals surface area contributed by atoms with Crippen molar-refractivity contribution < 1.29 is 33.7 Å². The molecule has 36 heavy (non-hydrogen) atoms. The van der Waals surface area contributed by atoms with Crippen molar-refractivity contribution in [3.63, 3.8) is 0 Å². The Morgan fingerprint density at radius 1 is 1.00 bits per heavy atom. The summed E-state index contributed by atoms with van der Waals surface area (Å²) in [5, 5.41) is 22.6. The average Bonchev–Trinajstić information content (AvgIpc) is 3.41. The summed E-state index contributed by atoms with van der Waals surface area (Å²) < 4.78 is 10.4. The van der Waals surface area contributed by atoms with Crippen molar-refractivity contribution in [3.8, 4) is 0 Å². The van der Waals surface area contributed by atoms with E-state index in [1.54, 1.807) is 30.3 Å². The van der Waals surface area contributed by atoms with Gasteiger partial charge in [-0.15, -0.1) is 0 Å². The second-order valence-corrected chi connectivity index (χ2v) is 9.52. The van der Waals surface area contributed by atoms with Gasteiger partial charge in [0.2, 0.25) is 5.91 Å². The molecule has 2 heterocycles. The first-order valence-corrected chi connectivity index (χ1v) is 11.9. The Kier molecular flexibility index (Phi) is 7.79. The molecule has 0 radical (unpaired) electrons. The third-order valence-corrected chi connectivity index (χ3v) is 6.44. The van der Waals surface area contributed by atoms with Gasteiger partial charge in [-0.25, -0.2) is 0 Å². The zero-order valence-electron chi connectivity index (χ0n) is 20.3. The average molecular weight is 493 g/mol. The van der Waals surface area contributed by atoms with Crippen molar-refractivity contribution in [3.05, 3.63) is 58.7 Å². The molecule has 10 nitrogen and oxygen atoms in total.